The van der Waals surface area contributed by atoms with Gasteiger partial charge in [0.1, 0.15) is 0 Å². The van der Waals surface area contributed by atoms with Crippen LogP contribution >= 0.6 is 0 Å². The summed E-state index contributed by atoms with van der Waals surface area (Å²) in [4.78, 5) is 24.3. The number of nitrogens with zero attached hydrogens (tertiary/aromatic N) is 1. The maximum absolute atomic E-state index is 11.9. The van der Waals surface area contributed by atoms with Gasteiger partial charge in [-0.3, -0.25) is 9.59 Å². The van der Waals surface area contributed by atoms with E-state index in [2.05, 4.69) is 0 Å². The van der Waals surface area contributed by atoms with Gasteiger partial charge in [0.2, 0.25) is 5.91 Å². The van der Waals surface area contributed by atoms with Crippen molar-refractivity contribution in [2.45, 2.75) is 40.0 Å². The number of ether oxygens (including phenoxy) is 1. The molecule has 0 aliphatic carbocycles. The Balaban J connectivity index is 4.24. The maximum Gasteiger partial charge on any atom is 0.308 e. The van der Waals surface area contributed by atoms with E-state index >= 15 is 0 Å². The second kappa shape index (κ2) is 9.88. The van der Waals surface area contributed by atoms with Gasteiger partial charge in [0, 0.05) is 32.7 Å². The topological polar surface area (TPSA) is 66.8 Å². The van der Waals surface area contributed by atoms with E-state index in [1.807, 2.05) is 13.8 Å². The lowest BCUT2D eigenvalue weighted by atomic mass is 10.1. The van der Waals surface area contributed by atoms with Gasteiger partial charge in [-0.2, -0.15) is 0 Å². The number of rotatable bonds is 10. The van der Waals surface area contributed by atoms with Crippen molar-refractivity contribution in [1.29, 1.82) is 0 Å². The molecule has 0 radical (unpaired) electrons. The number of carbonyl (C=O) groups is 2. The van der Waals surface area contributed by atoms with E-state index in [1.54, 1.807) is 11.8 Å². The average molecular weight is 259 g/mol. The summed E-state index contributed by atoms with van der Waals surface area (Å²) in [6, 6.07) is 0. The number of carbonyl (C=O) groups excluding carboxylic acids is 1. The SMILES string of the molecule is CCCC(=O)N(CCCOCC)CC(C)C(=O)O. The monoisotopic (exact) mass is 259 g/mol. The Morgan fingerprint density at radius 1 is 1.33 bits per heavy atom. The molecule has 5 nitrogen and oxygen atoms in total. The first-order valence-electron chi connectivity index (χ1n) is 6.61. The normalized spacial score (nSPS) is 12.2. The molecule has 0 aromatic carbocycles. The molecule has 0 saturated carbocycles. The fourth-order valence-electron chi connectivity index (χ4n) is 1.60. The number of aliphatic carboxylic acids is 1. The third kappa shape index (κ3) is 7.27. The molecule has 0 aliphatic heterocycles. The van der Waals surface area contributed by atoms with Crippen LogP contribution in [0.15, 0.2) is 0 Å². The smallest absolute Gasteiger partial charge is 0.308 e. The molecule has 0 saturated heterocycles. The molecule has 18 heavy (non-hydrogen) atoms. The van der Waals surface area contributed by atoms with E-state index < -0.39 is 11.9 Å². The Kier molecular flexibility index (Phi) is 9.28. The molecule has 0 aromatic heterocycles. The van der Waals surface area contributed by atoms with Crippen LogP contribution in [-0.2, 0) is 14.3 Å². The van der Waals surface area contributed by atoms with Crippen LogP contribution in [0.3, 0.4) is 0 Å². The van der Waals surface area contributed by atoms with Crippen molar-refractivity contribution in [3.8, 4) is 0 Å². The molecule has 106 valence electrons. The second-order valence-electron chi connectivity index (χ2n) is 4.38. The van der Waals surface area contributed by atoms with E-state index in [0.717, 1.165) is 12.8 Å². The highest BCUT2D eigenvalue weighted by molar-refractivity contribution is 5.77. The quantitative estimate of drug-likeness (QED) is 0.607. The summed E-state index contributed by atoms with van der Waals surface area (Å²) in [5, 5.41) is 8.89. The highest BCUT2D eigenvalue weighted by atomic mass is 16.5. The maximum atomic E-state index is 11.9. The fourth-order valence-corrected chi connectivity index (χ4v) is 1.60. The minimum Gasteiger partial charge on any atom is -0.481 e. The Labute approximate surface area is 109 Å². The minimum atomic E-state index is -0.867. The number of carboxylic acids is 1. The lowest BCUT2D eigenvalue weighted by Gasteiger charge is -2.24. The largest absolute Gasteiger partial charge is 0.481 e. The van der Waals surface area contributed by atoms with Crippen molar-refractivity contribution in [1.82, 2.24) is 4.90 Å². The van der Waals surface area contributed by atoms with Gasteiger partial charge in [0.15, 0.2) is 0 Å². The van der Waals surface area contributed by atoms with Gasteiger partial charge in [-0.1, -0.05) is 13.8 Å². The van der Waals surface area contributed by atoms with Gasteiger partial charge in [-0.25, -0.2) is 0 Å². The van der Waals surface area contributed by atoms with Crippen LogP contribution in [0.1, 0.15) is 40.0 Å². The van der Waals surface area contributed by atoms with Crippen molar-refractivity contribution in [2.75, 3.05) is 26.3 Å². The lowest BCUT2D eigenvalue weighted by molar-refractivity contribution is -0.143. The second-order valence-corrected chi connectivity index (χ2v) is 4.38. The highest BCUT2D eigenvalue weighted by Crippen LogP contribution is 2.05. The third-order valence-electron chi connectivity index (χ3n) is 2.65. The summed E-state index contributed by atoms with van der Waals surface area (Å²) in [7, 11) is 0. The first-order chi connectivity index (χ1) is 8.52. The van der Waals surface area contributed by atoms with Crippen molar-refractivity contribution in [2.24, 2.45) is 5.92 Å². The van der Waals surface area contributed by atoms with Crippen molar-refractivity contribution >= 4 is 11.9 Å². The Morgan fingerprint density at radius 3 is 2.50 bits per heavy atom. The van der Waals surface area contributed by atoms with Gasteiger partial charge < -0.3 is 14.7 Å². The Bertz CT molecular complexity index is 255. The van der Waals surface area contributed by atoms with E-state index in [9.17, 15) is 9.59 Å². The van der Waals surface area contributed by atoms with Gasteiger partial charge in [0.25, 0.3) is 0 Å². The standard InChI is InChI=1S/C13H25NO4/c1-4-7-12(15)14(8-6-9-18-5-2)10-11(3)13(16)17/h11H,4-10H2,1-3H3,(H,16,17). The predicted molar refractivity (Wildman–Crippen MR) is 69.4 cm³/mol. The molecule has 0 rings (SSSR count). The summed E-state index contributed by atoms with van der Waals surface area (Å²) in [6.07, 6.45) is 2.00. The summed E-state index contributed by atoms with van der Waals surface area (Å²) in [6.45, 7) is 7.60. The minimum absolute atomic E-state index is 0.0297. The van der Waals surface area contributed by atoms with E-state index in [-0.39, 0.29) is 12.5 Å². The Morgan fingerprint density at radius 2 is 2.00 bits per heavy atom. The molecule has 0 aromatic rings. The molecule has 0 fully saturated rings. The molecule has 1 atom stereocenters. The van der Waals surface area contributed by atoms with Crippen molar-refractivity contribution < 1.29 is 19.4 Å². The van der Waals surface area contributed by atoms with Gasteiger partial charge >= 0.3 is 5.97 Å². The number of amides is 1. The predicted octanol–water partition coefficient (Wildman–Crippen LogP) is 1.76. The van der Waals surface area contributed by atoms with Crippen LogP contribution < -0.4 is 0 Å². The van der Waals surface area contributed by atoms with E-state index in [1.165, 1.54) is 0 Å². The lowest BCUT2D eigenvalue weighted by Crippen LogP contribution is -2.37. The van der Waals surface area contributed by atoms with Gasteiger partial charge in [0.05, 0.1) is 5.92 Å². The van der Waals surface area contributed by atoms with Crippen LogP contribution in [0, 0.1) is 5.92 Å². The summed E-state index contributed by atoms with van der Waals surface area (Å²) in [5.74, 6) is -1.37. The molecule has 0 heterocycles. The fraction of sp³-hybridized carbons (Fsp3) is 0.846. The average Bonchev–Trinajstić information content (AvgIpc) is 2.32. The van der Waals surface area contributed by atoms with Crippen molar-refractivity contribution in [3.63, 3.8) is 0 Å². The molecule has 1 N–H and O–H groups in total. The molecule has 1 unspecified atom stereocenters. The molecule has 5 heteroatoms. The molecule has 1 amide bonds. The van der Waals surface area contributed by atoms with Gasteiger partial charge in [-0.15, -0.1) is 0 Å². The van der Waals surface area contributed by atoms with E-state index in [0.29, 0.717) is 26.2 Å². The highest BCUT2D eigenvalue weighted by Gasteiger charge is 2.19. The number of carboxylic acid groups (broad SMARTS) is 1. The number of hydrogen-bond donors (Lipinski definition) is 1. The molecular weight excluding hydrogens is 234 g/mol. The van der Waals surface area contributed by atoms with Crippen LogP contribution in [0.5, 0.6) is 0 Å². The number of hydrogen-bond acceptors (Lipinski definition) is 3. The molecule has 0 spiro atoms. The Hall–Kier alpha value is -1.10. The first-order valence-corrected chi connectivity index (χ1v) is 6.61. The summed E-state index contributed by atoms with van der Waals surface area (Å²) < 4.78 is 5.22. The van der Waals surface area contributed by atoms with Crippen molar-refractivity contribution in [3.05, 3.63) is 0 Å². The molecule has 0 aliphatic rings. The molecule has 0 bridgehead atoms. The summed E-state index contributed by atoms with van der Waals surface area (Å²) >= 11 is 0. The van der Waals surface area contributed by atoms with Crippen LogP contribution in [-0.4, -0.2) is 48.2 Å². The zero-order valence-electron chi connectivity index (χ0n) is 11.6. The summed E-state index contributed by atoms with van der Waals surface area (Å²) in [5.41, 5.74) is 0. The van der Waals surface area contributed by atoms with Gasteiger partial charge in [-0.05, 0) is 19.8 Å². The molecular formula is C13H25NO4. The zero-order valence-corrected chi connectivity index (χ0v) is 11.6. The third-order valence-corrected chi connectivity index (χ3v) is 2.65. The van der Waals surface area contributed by atoms with Crippen LogP contribution in [0.25, 0.3) is 0 Å². The first kappa shape index (κ1) is 16.9. The van der Waals surface area contributed by atoms with E-state index in [4.69, 9.17) is 9.84 Å². The van der Waals surface area contributed by atoms with Crippen LogP contribution in [0.2, 0.25) is 0 Å². The zero-order chi connectivity index (χ0) is 14.0. The van der Waals surface area contributed by atoms with Crippen LogP contribution in [0.4, 0.5) is 0 Å².